The second-order valence-corrected chi connectivity index (χ2v) is 21.6. The van der Waals surface area contributed by atoms with Crippen molar-refractivity contribution in [2.45, 2.75) is 290 Å². The minimum absolute atomic E-state index is 0.0994. The fraction of sp³-hybridized carbons (Fsp3) is 0.618. The highest BCUT2D eigenvalue weighted by Crippen LogP contribution is 2.15. The molecule has 0 N–H and O–H groups in total. The van der Waals surface area contributed by atoms with E-state index >= 15 is 0 Å². The normalized spacial score (nSPS) is 13.2. The van der Waals surface area contributed by atoms with Crippen LogP contribution in [0.4, 0.5) is 0 Å². The number of ether oxygens (including phenoxy) is 3. The molecule has 0 rings (SSSR count). The first-order chi connectivity index (χ1) is 40.5. The molecule has 0 spiro atoms. The lowest BCUT2D eigenvalue weighted by atomic mass is 10.0. The zero-order valence-electron chi connectivity index (χ0n) is 52.9. The highest BCUT2D eigenvalue weighted by atomic mass is 16.6. The van der Waals surface area contributed by atoms with Gasteiger partial charge in [0, 0.05) is 19.3 Å². The van der Waals surface area contributed by atoms with Gasteiger partial charge in [-0.2, -0.15) is 0 Å². The summed E-state index contributed by atoms with van der Waals surface area (Å²) in [4.78, 5) is 38.3. The molecule has 0 aromatic carbocycles. The molecular weight excluding hydrogens is 1010 g/mol. The quantitative estimate of drug-likeness (QED) is 0.0261. The van der Waals surface area contributed by atoms with E-state index in [0.717, 1.165) is 135 Å². The highest BCUT2D eigenvalue weighted by molar-refractivity contribution is 5.71. The van der Waals surface area contributed by atoms with Crippen LogP contribution < -0.4 is 0 Å². The van der Waals surface area contributed by atoms with Gasteiger partial charge in [-0.25, -0.2) is 0 Å². The number of unbranched alkanes of at least 4 members (excludes halogenated alkanes) is 22. The first-order valence-corrected chi connectivity index (χ1v) is 33.5. The standard InChI is InChI=1S/C76H122O6/c1-4-7-10-13-16-19-22-24-26-28-30-32-33-34-35-36-37-38-39-40-41-42-43-45-46-48-50-52-54-57-60-63-66-69-75(78)81-72-73(71-80-74(77)68-65-62-59-56-21-18-15-12-9-6-3)82-76(79)70-67-64-61-58-55-53-51-49-47-44-31-29-27-25-23-20-17-14-11-8-5-2/h7-8,10-11,16-17,19-20,24-27,30-32,34-35,37-38,40-41,44,49,51,55,58,73H,4-6,9,12-15,18,21-23,28-29,33,36,39,42-43,45-48,50,52-54,56-57,59-72H2,1-3H3/b10-7-,11-8-,19-16-,20-17-,26-24-,27-25-,32-30-,35-34-,38-37-,41-40-,44-31-,51-49-,58-55-. The maximum absolute atomic E-state index is 12.9. The van der Waals surface area contributed by atoms with Crippen LogP contribution >= 0.6 is 0 Å². The van der Waals surface area contributed by atoms with E-state index in [2.05, 4.69) is 179 Å². The van der Waals surface area contributed by atoms with Crippen LogP contribution in [-0.2, 0) is 28.6 Å². The SMILES string of the molecule is CC/C=C\C/C=C\C/C=C\C/C=C\C/C=C\C/C=C\C/C=C\CCCCCCCCCCCCCC(=O)OCC(COC(=O)CCCCCCCCCCCC)OC(=O)CCCC/C=C\C/C=C\C/C=C\C/C=C\C/C=C\C/C=C\CC. The smallest absolute Gasteiger partial charge is 0.306 e. The molecule has 0 aliphatic heterocycles. The van der Waals surface area contributed by atoms with Gasteiger partial charge in [-0.15, -0.1) is 0 Å². The van der Waals surface area contributed by atoms with E-state index in [-0.39, 0.29) is 37.5 Å². The molecule has 6 heteroatoms. The van der Waals surface area contributed by atoms with Crippen molar-refractivity contribution in [3.8, 4) is 0 Å². The summed E-state index contributed by atoms with van der Waals surface area (Å²) < 4.78 is 16.9. The van der Waals surface area contributed by atoms with Gasteiger partial charge < -0.3 is 14.2 Å². The second-order valence-electron chi connectivity index (χ2n) is 21.6. The molecule has 0 aromatic rings. The van der Waals surface area contributed by atoms with Gasteiger partial charge in [0.1, 0.15) is 13.2 Å². The van der Waals surface area contributed by atoms with Crippen LogP contribution in [0.25, 0.3) is 0 Å². The Balaban J connectivity index is 4.28. The summed E-state index contributed by atoms with van der Waals surface area (Å²) in [5.41, 5.74) is 0. The van der Waals surface area contributed by atoms with Crippen molar-refractivity contribution in [1.29, 1.82) is 0 Å². The van der Waals surface area contributed by atoms with E-state index in [1.165, 1.54) is 103 Å². The largest absolute Gasteiger partial charge is 0.462 e. The minimum atomic E-state index is -0.807. The second kappa shape index (κ2) is 68.5. The van der Waals surface area contributed by atoms with E-state index in [4.69, 9.17) is 14.2 Å². The number of hydrogen-bond acceptors (Lipinski definition) is 6. The number of allylic oxidation sites excluding steroid dienone is 26. The van der Waals surface area contributed by atoms with Gasteiger partial charge in [0.15, 0.2) is 6.10 Å². The molecule has 0 aliphatic carbocycles. The van der Waals surface area contributed by atoms with Crippen LogP contribution in [0.2, 0.25) is 0 Å². The molecule has 462 valence electrons. The predicted molar refractivity (Wildman–Crippen MR) is 357 cm³/mol. The summed E-state index contributed by atoms with van der Waals surface area (Å²) in [5, 5.41) is 0. The van der Waals surface area contributed by atoms with Crippen molar-refractivity contribution >= 4 is 17.9 Å². The molecule has 1 unspecified atom stereocenters. The molecule has 0 saturated carbocycles. The minimum Gasteiger partial charge on any atom is -0.462 e. The van der Waals surface area contributed by atoms with Crippen molar-refractivity contribution in [3.05, 3.63) is 158 Å². The van der Waals surface area contributed by atoms with Crippen LogP contribution in [0.3, 0.4) is 0 Å². The Bertz CT molecular complexity index is 1830. The lowest BCUT2D eigenvalue weighted by molar-refractivity contribution is -0.167. The van der Waals surface area contributed by atoms with E-state index in [9.17, 15) is 14.4 Å². The van der Waals surface area contributed by atoms with E-state index in [1.54, 1.807) is 0 Å². The molecule has 0 amide bonds. The Morgan fingerprint density at radius 3 is 0.768 bits per heavy atom. The van der Waals surface area contributed by atoms with E-state index in [0.29, 0.717) is 19.3 Å². The van der Waals surface area contributed by atoms with Gasteiger partial charge >= 0.3 is 17.9 Å². The third-order valence-corrected chi connectivity index (χ3v) is 13.8. The number of esters is 3. The third-order valence-electron chi connectivity index (χ3n) is 13.8. The van der Waals surface area contributed by atoms with Crippen molar-refractivity contribution < 1.29 is 28.6 Å². The molecule has 0 aliphatic rings. The number of rotatable bonds is 59. The average molecular weight is 1130 g/mol. The Morgan fingerprint density at radius 2 is 0.476 bits per heavy atom. The Morgan fingerprint density at radius 1 is 0.256 bits per heavy atom. The fourth-order valence-electron chi connectivity index (χ4n) is 8.84. The lowest BCUT2D eigenvalue weighted by Gasteiger charge is -2.18. The van der Waals surface area contributed by atoms with Crippen LogP contribution in [0, 0.1) is 0 Å². The molecule has 1 atom stereocenters. The monoisotopic (exact) mass is 1130 g/mol. The third kappa shape index (κ3) is 65.8. The first-order valence-electron chi connectivity index (χ1n) is 33.5. The number of carbonyl (C=O) groups excluding carboxylic acids is 3. The van der Waals surface area contributed by atoms with Gasteiger partial charge in [0.05, 0.1) is 0 Å². The van der Waals surface area contributed by atoms with E-state index in [1.807, 2.05) is 0 Å². The maximum Gasteiger partial charge on any atom is 0.306 e. The summed E-state index contributed by atoms with van der Waals surface area (Å²) in [6.45, 7) is 6.36. The summed E-state index contributed by atoms with van der Waals surface area (Å²) in [6.07, 6.45) is 99.8. The molecule has 0 saturated heterocycles. The van der Waals surface area contributed by atoms with Gasteiger partial charge in [-0.3, -0.25) is 14.4 Å². The van der Waals surface area contributed by atoms with Crippen molar-refractivity contribution in [2.75, 3.05) is 13.2 Å². The number of carbonyl (C=O) groups is 3. The molecule has 0 fully saturated rings. The van der Waals surface area contributed by atoms with Crippen molar-refractivity contribution in [3.63, 3.8) is 0 Å². The van der Waals surface area contributed by atoms with Gasteiger partial charge in [-0.05, 0) is 128 Å². The Labute approximate surface area is 505 Å². The topological polar surface area (TPSA) is 78.9 Å². The van der Waals surface area contributed by atoms with Crippen molar-refractivity contribution in [1.82, 2.24) is 0 Å². The molecule has 0 radical (unpaired) electrons. The summed E-state index contributed by atoms with van der Waals surface area (Å²) in [5.74, 6) is -0.948. The summed E-state index contributed by atoms with van der Waals surface area (Å²) in [6, 6.07) is 0. The molecule has 6 nitrogen and oxygen atoms in total. The molecule has 0 aromatic heterocycles. The van der Waals surface area contributed by atoms with Crippen LogP contribution in [0.15, 0.2) is 158 Å². The zero-order chi connectivity index (χ0) is 59.2. The molecule has 0 heterocycles. The van der Waals surface area contributed by atoms with Crippen molar-refractivity contribution in [2.24, 2.45) is 0 Å². The highest BCUT2D eigenvalue weighted by Gasteiger charge is 2.19. The fourth-order valence-corrected chi connectivity index (χ4v) is 8.84. The van der Waals surface area contributed by atoms with E-state index < -0.39 is 6.10 Å². The first kappa shape index (κ1) is 77.0. The summed E-state index contributed by atoms with van der Waals surface area (Å²) >= 11 is 0. The van der Waals surface area contributed by atoms with Gasteiger partial charge in [0.25, 0.3) is 0 Å². The molecular formula is C76H122O6. The van der Waals surface area contributed by atoms with Gasteiger partial charge in [-0.1, -0.05) is 294 Å². The van der Waals surface area contributed by atoms with Crippen LogP contribution in [-0.4, -0.2) is 37.2 Å². The predicted octanol–water partition coefficient (Wildman–Crippen LogP) is 23.3. The Hall–Kier alpha value is -4.97. The molecule has 0 bridgehead atoms. The zero-order valence-corrected chi connectivity index (χ0v) is 52.9. The average Bonchev–Trinajstić information content (AvgIpc) is 3.48. The Kier molecular flexibility index (Phi) is 64.4. The van der Waals surface area contributed by atoms with Crippen LogP contribution in [0.1, 0.15) is 284 Å². The maximum atomic E-state index is 12.9. The molecule has 82 heavy (non-hydrogen) atoms. The summed E-state index contributed by atoms with van der Waals surface area (Å²) in [7, 11) is 0. The van der Waals surface area contributed by atoms with Crippen LogP contribution in [0.5, 0.6) is 0 Å². The van der Waals surface area contributed by atoms with Gasteiger partial charge in [0.2, 0.25) is 0 Å². The lowest BCUT2D eigenvalue weighted by Crippen LogP contribution is -2.30. The number of hydrogen-bond donors (Lipinski definition) is 0.